The highest BCUT2D eigenvalue weighted by Gasteiger charge is 2.42. The summed E-state index contributed by atoms with van der Waals surface area (Å²) in [6.45, 7) is 4.32. The molecule has 0 spiro atoms. The zero-order valence-electron chi connectivity index (χ0n) is 11.4. The summed E-state index contributed by atoms with van der Waals surface area (Å²) in [5.74, 6) is 0. The average Bonchev–Trinajstić information content (AvgIpc) is 2.73. The lowest BCUT2D eigenvalue weighted by molar-refractivity contribution is -0.145. The molecule has 3 nitrogen and oxygen atoms in total. The predicted octanol–water partition coefficient (Wildman–Crippen LogP) is 3.43. The lowest BCUT2D eigenvalue weighted by Crippen LogP contribution is -2.23. The van der Waals surface area contributed by atoms with Crippen LogP contribution in [0.4, 0.5) is 13.2 Å². The molecule has 20 heavy (non-hydrogen) atoms. The van der Waals surface area contributed by atoms with E-state index in [4.69, 9.17) is 0 Å². The number of hydrogen-bond donors (Lipinski definition) is 1. The molecule has 6 heteroatoms. The van der Waals surface area contributed by atoms with Crippen LogP contribution < -0.4 is 0 Å². The molecule has 1 aromatic heterocycles. The van der Waals surface area contributed by atoms with Gasteiger partial charge in [-0.05, 0) is 32.4 Å². The van der Waals surface area contributed by atoms with E-state index in [0.717, 1.165) is 10.9 Å². The highest BCUT2D eigenvalue weighted by atomic mass is 19.4. The Labute approximate surface area is 114 Å². The molecule has 1 N–H and O–H groups in total. The number of hydrogen-bond acceptors (Lipinski definition) is 2. The fraction of sp³-hybridized carbons (Fsp3) is 0.357. The molecular formula is C14H15F3N2O. The first-order valence-corrected chi connectivity index (χ1v) is 6.06. The summed E-state index contributed by atoms with van der Waals surface area (Å²) in [7, 11) is 0. The van der Waals surface area contributed by atoms with Gasteiger partial charge in [0.15, 0.2) is 5.69 Å². The number of alkyl halides is 3. The van der Waals surface area contributed by atoms with Gasteiger partial charge in [0.2, 0.25) is 0 Å². The zero-order chi connectivity index (χ0) is 15.1. The van der Waals surface area contributed by atoms with Gasteiger partial charge in [-0.25, -0.2) is 4.68 Å². The molecule has 0 radical (unpaired) electrons. The fourth-order valence-corrected chi connectivity index (χ4v) is 2.05. The Bertz CT molecular complexity index is 624. The van der Waals surface area contributed by atoms with Crippen molar-refractivity contribution >= 4 is 0 Å². The number of rotatable bonds is 2. The highest BCUT2D eigenvalue weighted by molar-refractivity contribution is 5.43. The molecule has 108 valence electrons. The van der Waals surface area contributed by atoms with Gasteiger partial charge in [-0.3, -0.25) is 0 Å². The molecule has 0 amide bonds. The summed E-state index contributed by atoms with van der Waals surface area (Å²) in [5.41, 5.74) is -1.79. The molecule has 1 heterocycles. The van der Waals surface area contributed by atoms with E-state index in [2.05, 4.69) is 5.10 Å². The zero-order valence-corrected chi connectivity index (χ0v) is 11.4. The van der Waals surface area contributed by atoms with Crippen molar-refractivity contribution in [3.8, 4) is 5.69 Å². The predicted molar refractivity (Wildman–Crippen MR) is 68.5 cm³/mol. The third kappa shape index (κ3) is 2.56. The van der Waals surface area contributed by atoms with Crippen LogP contribution in [0.3, 0.4) is 0 Å². The van der Waals surface area contributed by atoms with E-state index in [1.807, 2.05) is 0 Å². The van der Waals surface area contributed by atoms with Gasteiger partial charge >= 0.3 is 6.18 Å². The highest BCUT2D eigenvalue weighted by Crippen LogP contribution is 2.38. The van der Waals surface area contributed by atoms with Crippen LogP contribution in [0.5, 0.6) is 0 Å². The lowest BCUT2D eigenvalue weighted by atomic mass is 9.98. The van der Waals surface area contributed by atoms with Crippen molar-refractivity contribution in [2.75, 3.05) is 0 Å². The Kier molecular flexibility index (Phi) is 3.37. The van der Waals surface area contributed by atoms with Crippen molar-refractivity contribution in [2.45, 2.75) is 32.5 Å². The van der Waals surface area contributed by atoms with Crippen LogP contribution in [0.2, 0.25) is 0 Å². The van der Waals surface area contributed by atoms with Crippen LogP contribution >= 0.6 is 0 Å². The third-order valence-electron chi connectivity index (χ3n) is 3.04. The molecule has 0 saturated heterocycles. The first-order valence-electron chi connectivity index (χ1n) is 6.06. The van der Waals surface area contributed by atoms with E-state index in [0.29, 0.717) is 11.3 Å². The molecule has 0 unspecified atom stereocenters. The van der Waals surface area contributed by atoms with Gasteiger partial charge in [0.25, 0.3) is 0 Å². The molecule has 0 aliphatic carbocycles. The molecule has 0 aliphatic heterocycles. The molecule has 0 atom stereocenters. The quantitative estimate of drug-likeness (QED) is 0.917. The first-order chi connectivity index (χ1) is 9.12. The third-order valence-corrected chi connectivity index (χ3v) is 3.04. The largest absolute Gasteiger partial charge is 0.433 e. The Morgan fingerprint density at radius 1 is 1.15 bits per heavy atom. The van der Waals surface area contributed by atoms with E-state index >= 15 is 0 Å². The summed E-state index contributed by atoms with van der Waals surface area (Å²) in [4.78, 5) is 0. The van der Waals surface area contributed by atoms with Crippen molar-refractivity contribution in [2.24, 2.45) is 0 Å². The van der Waals surface area contributed by atoms with Crippen molar-refractivity contribution < 1.29 is 18.3 Å². The molecule has 2 rings (SSSR count). The second-order valence-corrected chi connectivity index (χ2v) is 5.16. The van der Waals surface area contributed by atoms with Gasteiger partial charge in [-0.2, -0.15) is 18.3 Å². The maximum absolute atomic E-state index is 13.3. The van der Waals surface area contributed by atoms with Crippen LogP contribution in [0.25, 0.3) is 5.69 Å². The standard InChI is InChI=1S/C14H15F3N2O/c1-9-6-4-5-7-11(9)19-12(14(15,16)17)10(8-18-19)13(2,3)20/h4-8,20H,1-3H3. The summed E-state index contributed by atoms with van der Waals surface area (Å²) in [5, 5.41) is 13.7. The number of halogens is 3. The lowest BCUT2D eigenvalue weighted by Gasteiger charge is -2.20. The van der Waals surface area contributed by atoms with Crippen molar-refractivity contribution in [1.82, 2.24) is 9.78 Å². The van der Waals surface area contributed by atoms with E-state index in [-0.39, 0.29) is 5.56 Å². The number of para-hydroxylation sites is 1. The van der Waals surface area contributed by atoms with Crippen molar-refractivity contribution in [3.63, 3.8) is 0 Å². The van der Waals surface area contributed by atoms with Crippen LogP contribution in [0.15, 0.2) is 30.5 Å². The SMILES string of the molecule is Cc1ccccc1-n1ncc(C(C)(C)O)c1C(F)(F)F. The van der Waals surface area contributed by atoms with Gasteiger partial charge in [-0.1, -0.05) is 18.2 Å². The monoisotopic (exact) mass is 284 g/mol. The second-order valence-electron chi connectivity index (χ2n) is 5.16. The van der Waals surface area contributed by atoms with Gasteiger partial charge in [-0.15, -0.1) is 0 Å². The number of aryl methyl sites for hydroxylation is 1. The minimum Gasteiger partial charge on any atom is -0.386 e. The van der Waals surface area contributed by atoms with Crippen LogP contribution in [0, 0.1) is 6.92 Å². The topological polar surface area (TPSA) is 38.0 Å². The Morgan fingerprint density at radius 3 is 2.25 bits per heavy atom. The minimum atomic E-state index is -4.60. The summed E-state index contributed by atoms with van der Waals surface area (Å²) < 4.78 is 40.8. The smallest absolute Gasteiger partial charge is 0.386 e. The van der Waals surface area contributed by atoms with E-state index < -0.39 is 17.5 Å². The van der Waals surface area contributed by atoms with Crippen molar-refractivity contribution in [3.05, 3.63) is 47.3 Å². The molecule has 0 saturated carbocycles. The van der Waals surface area contributed by atoms with E-state index in [9.17, 15) is 18.3 Å². The minimum absolute atomic E-state index is 0.242. The molecule has 0 aliphatic rings. The number of nitrogens with zero attached hydrogens (tertiary/aromatic N) is 2. The van der Waals surface area contributed by atoms with Crippen LogP contribution in [-0.2, 0) is 11.8 Å². The first kappa shape index (κ1) is 14.6. The molecule has 2 aromatic rings. The molecule has 0 fully saturated rings. The normalized spacial score (nSPS) is 12.8. The second kappa shape index (κ2) is 4.63. The fourth-order valence-electron chi connectivity index (χ4n) is 2.05. The number of aliphatic hydroxyl groups is 1. The summed E-state index contributed by atoms with van der Waals surface area (Å²) in [6, 6.07) is 6.66. The molecule has 0 bridgehead atoms. The van der Waals surface area contributed by atoms with Crippen LogP contribution in [-0.4, -0.2) is 14.9 Å². The average molecular weight is 284 g/mol. The number of benzene rings is 1. The van der Waals surface area contributed by atoms with Gasteiger partial charge < -0.3 is 5.11 Å². The summed E-state index contributed by atoms with van der Waals surface area (Å²) >= 11 is 0. The Morgan fingerprint density at radius 2 is 1.75 bits per heavy atom. The maximum Gasteiger partial charge on any atom is 0.433 e. The van der Waals surface area contributed by atoms with Gasteiger partial charge in [0, 0.05) is 5.56 Å². The molecule has 1 aromatic carbocycles. The maximum atomic E-state index is 13.3. The number of aromatic nitrogens is 2. The van der Waals surface area contributed by atoms with E-state index in [1.54, 1.807) is 31.2 Å². The van der Waals surface area contributed by atoms with Crippen LogP contribution in [0.1, 0.15) is 30.7 Å². The van der Waals surface area contributed by atoms with Gasteiger partial charge in [0.1, 0.15) is 0 Å². The Balaban J connectivity index is 2.74. The summed E-state index contributed by atoms with van der Waals surface area (Å²) in [6.07, 6.45) is -3.54. The van der Waals surface area contributed by atoms with E-state index in [1.165, 1.54) is 13.8 Å². The molecular weight excluding hydrogens is 269 g/mol. The Hall–Kier alpha value is -1.82. The van der Waals surface area contributed by atoms with Gasteiger partial charge in [0.05, 0.1) is 17.5 Å². The van der Waals surface area contributed by atoms with Crippen molar-refractivity contribution in [1.29, 1.82) is 0 Å².